The van der Waals surface area contributed by atoms with E-state index in [2.05, 4.69) is 4.94 Å². The average molecular weight is 165 g/mol. The van der Waals surface area contributed by atoms with Crippen molar-refractivity contribution in [2.45, 2.75) is 31.6 Å². The summed E-state index contributed by atoms with van der Waals surface area (Å²) in [5.41, 5.74) is 0. The number of hydrogen-bond donors (Lipinski definition) is 0. The van der Waals surface area contributed by atoms with Gasteiger partial charge >= 0.3 is 0 Å². The van der Waals surface area contributed by atoms with Gasteiger partial charge in [-0.2, -0.15) is 4.94 Å². The summed E-state index contributed by atoms with van der Waals surface area (Å²) >= 11 is 0. The summed E-state index contributed by atoms with van der Waals surface area (Å²) in [6.45, 7) is 1.77. The molecule has 3 atom stereocenters. The molecule has 0 spiro atoms. The maximum atomic E-state index is 12.9. The second-order valence-corrected chi connectivity index (χ2v) is 3.09. The molecule has 1 aliphatic heterocycles. The molecule has 0 aromatic rings. The van der Waals surface area contributed by atoms with E-state index < -0.39 is 6.17 Å². The van der Waals surface area contributed by atoms with Gasteiger partial charge in [0, 0.05) is 12.1 Å². The number of rotatable bonds is 2. The summed E-state index contributed by atoms with van der Waals surface area (Å²) in [6, 6.07) is -0.222. The molecule has 0 bridgehead atoms. The van der Waals surface area contributed by atoms with E-state index in [0.29, 0.717) is 6.42 Å². The first-order valence-electron chi connectivity index (χ1n) is 3.76. The summed E-state index contributed by atoms with van der Waals surface area (Å²) < 4.78 is 24.3. The summed E-state index contributed by atoms with van der Waals surface area (Å²) in [5, 5.41) is 0. The standard InChI is InChI=1S/C7H13F2NO/c1-5-7(8)3-6(4-11-9)10(5)2/h5-7H,3-4H2,1-2H3/t5-,6-,7?/m0/s1. The fraction of sp³-hybridized carbons (Fsp3) is 1.00. The van der Waals surface area contributed by atoms with Gasteiger partial charge in [0.2, 0.25) is 0 Å². The van der Waals surface area contributed by atoms with Crippen molar-refractivity contribution >= 4 is 0 Å². The molecule has 1 unspecified atom stereocenters. The molecule has 1 rings (SSSR count). The van der Waals surface area contributed by atoms with Crippen molar-refractivity contribution in [1.82, 2.24) is 4.90 Å². The van der Waals surface area contributed by atoms with Gasteiger partial charge in [-0.3, -0.25) is 4.90 Å². The van der Waals surface area contributed by atoms with Crippen LogP contribution in [0.2, 0.25) is 0 Å². The Kier molecular flexibility index (Phi) is 2.78. The third-order valence-corrected chi connectivity index (χ3v) is 2.49. The van der Waals surface area contributed by atoms with Gasteiger partial charge in [-0.05, 0) is 24.9 Å². The van der Waals surface area contributed by atoms with E-state index in [1.54, 1.807) is 14.0 Å². The Balaban J connectivity index is 2.45. The third kappa shape index (κ3) is 1.68. The van der Waals surface area contributed by atoms with E-state index in [1.165, 1.54) is 0 Å². The lowest BCUT2D eigenvalue weighted by Gasteiger charge is -2.20. The van der Waals surface area contributed by atoms with Crippen molar-refractivity contribution in [3.63, 3.8) is 0 Å². The number of nitrogens with zero attached hydrogens (tertiary/aromatic N) is 1. The molecule has 4 heteroatoms. The zero-order valence-electron chi connectivity index (χ0n) is 6.76. The predicted molar refractivity (Wildman–Crippen MR) is 37.6 cm³/mol. The normalized spacial score (nSPS) is 39.8. The molecule has 0 aromatic carbocycles. The predicted octanol–water partition coefficient (Wildman–Crippen LogP) is 1.32. The topological polar surface area (TPSA) is 12.5 Å². The largest absolute Gasteiger partial charge is 0.295 e. The van der Waals surface area contributed by atoms with Crippen LogP contribution in [0.25, 0.3) is 0 Å². The van der Waals surface area contributed by atoms with Crippen LogP contribution in [0, 0.1) is 0 Å². The second kappa shape index (κ2) is 3.45. The Labute approximate surface area is 65.0 Å². The number of likely N-dealkylation sites (tertiary alicyclic amines) is 1. The van der Waals surface area contributed by atoms with E-state index >= 15 is 0 Å². The number of likely N-dealkylation sites (N-methyl/N-ethyl adjacent to an activating group) is 1. The van der Waals surface area contributed by atoms with Crippen LogP contribution in [0.5, 0.6) is 0 Å². The fourth-order valence-corrected chi connectivity index (χ4v) is 1.47. The van der Waals surface area contributed by atoms with E-state index in [9.17, 15) is 8.92 Å². The highest BCUT2D eigenvalue weighted by atomic mass is 19.3. The molecule has 0 amide bonds. The first kappa shape index (κ1) is 8.87. The van der Waals surface area contributed by atoms with E-state index in [4.69, 9.17) is 0 Å². The summed E-state index contributed by atoms with van der Waals surface area (Å²) in [4.78, 5) is 5.29. The van der Waals surface area contributed by atoms with Gasteiger partial charge in [-0.15, -0.1) is 0 Å². The molecule has 11 heavy (non-hydrogen) atoms. The summed E-state index contributed by atoms with van der Waals surface area (Å²) in [6.07, 6.45) is -0.471. The van der Waals surface area contributed by atoms with Gasteiger partial charge in [0.25, 0.3) is 0 Å². The van der Waals surface area contributed by atoms with Crippen molar-refractivity contribution < 1.29 is 13.9 Å². The van der Waals surface area contributed by atoms with Gasteiger partial charge in [0.05, 0.1) is 0 Å². The quantitative estimate of drug-likeness (QED) is 0.611. The van der Waals surface area contributed by atoms with Gasteiger partial charge in [0.15, 0.2) is 0 Å². The monoisotopic (exact) mass is 165 g/mol. The van der Waals surface area contributed by atoms with Crippen LogP contribution in [0.4, 0.5) is 8.92 Å². The van der Waals surface area contributed by atoms with Gasteiger partial charge in [-0.1, -0.05) is 0 Å². The lowest BCUT2D eigenvalue weighted by atomic mass is 10.2. The lowest BCUT2D eigenvalue weighted by Crippen LogP contribution is -2.34. The van der Waals surface area contributed by atoms with Crippen molar-refractivity contribution in [3.05, 3.63) is 0 Å². The molecular weight excluding hydrogens is 152 g/mol. The maximum absolute atomic E-state index is 12.9. The minimum Gasteiger partial charge on any atom is -0.295 e. The molecule has 2 nitrogen and oxygen atoms in total. The average Bonchev–Trinajstić information content (AvgIpc) is 2.19. The molecule has 1 aliphatic rings. The first-order chi connectivity index (χ1) is 5.16. The summed E-state index contributed by atoms with van der Waals surface area (Å²) in [7, 11) is 1.79. The highest BCUT2D eigenvalue weighted by Crippen LogP contribution is 2.25. The molecule has 66 valence electrons. The zero-order valence-corrected chi connectivity index (χ0v) is 6.76. The minimum absolute atomic E-state index is 0.0265. The van der Waals surface area contributed by atoms with E-state index in [0.717, 1.165) is 0 Å². The Morgan fingerprint density at radius 3 is 2.64 bits per heavy atom. The molecular formula is C7H13F2NO. The van der Waals surface area contributed by atoms with Crippen LogP contribution in [0.15, 0.2) is 0 Å². The number of halogens is 2. The minimum atomic E-state index is -0.847. The smallest absolute Gasteiger partial charge is 0.117 e. The first-order valence-corrected chi connectivity index (χ1v) is 3.76. The number of alkyl halides is 1. The van der Waals surface area contributed by atoms with Crippen LogP contribution < -0.4 is 0 Å². The van der Waals surface area contributed by atoms with Crippen LogP contribution in [0.1, 0.15) is 13.3 Å². The molecule has 0 aliphatic carbocycles. The highest BCUT2D eigenvalue weighted by molar-refractivity contribution is 4.89. The highest BCUT2D eigenvalue weighted by Gasteiger charge is 2.36. The molecule has 0 saturated carbocycles. The van der Waals surface area contributed by atoms with Crippen molar-refractivity contribution in [3.8, 4) is 0 Å². The van der Waals surface area contributed by atoms with Crippen LogP contribution in [0.3, 0.4) is 0 Å². The molecule has 0 aromatic heterocycles. The molecule has 1 fully saturated rings. The Hall–Kier alpha value is -0.220. The molecule has 0 N–H and O–H groups in total. The van der Waals surface area contributed by atoms with Gasteiger partial charge < -0.3 is 0 Å². The van der Waals surface area contributed by atoms with Crippen molar-refractivity contribution in [2.24, 2.45) is 0 Å². The zero-order chi connectivity index (χ0) is 8.43. The van der Waals surface area contributed by atoms with Crippen LogP contribution >= 0.6 is 0 Å². The van der Waals surface area contributed by atoms with Gasteiger partial charge in [-0.25, -0.2) is 4.39 Å². The second-order valence-electron chi connectivity index (χ2n) is 3.09. The molecule has 0 radical (unpaired) electrons. The Morgan fingerprint density at radius 2 is 2.27 bits per heavy atom. The van der Waals surface area contributed by atoms with Crippen LogP contribution in [-0.2, 0) is 4.94 Å². The van der Waals surface area contributed by atoms with Crippen molar-refractivity contribution in [2.75, 3.05) is 13.7 Å². The Bertz CT molecular complexity index is 134. The lowest BCUT2D eigenvalue weighted by molar-refractivity contribution is -0.145. The van der Waals surface area contributed by atoms with E-state index in [1.807, 2.05) is 4.90 Å². The Morgan fingerprint density at radius 1 is 1.64 bits per heavy atom. The van der Waals surface area contributed by atoms with E-state index in [-0.39, 0.29) is 18.7 Å². The van der Waals surface area contributed by atoms with Crippen molar-refractivity contribution in [1.29, 1.82) is 0 Å². The van der Waals surface area contributed by atoms with Crippen LogP contribution in [-0.4, -0.2) is 36.8 Å². The maximum Gasteiger partial charge on any atom is 0.117 e. The third-order valence-electron chi connectivity index (χ3n) is 2.49. The summed E-state index contributed by atoms with van der Waals surface area (Å²) in [5.74, 6) is 0. The fourth-order valence-electron chi connectivity index (χ4n) is 1.47. The molecule has 1 saturated heterocycles. The number of hydrogen-bond acceptors (Lipinski definition) is 2. The SMILES string of the molecule is C[C@H]1C(F)C[C@@H](COF)N1C. The van der Waals surface area contributed by atoms with Gasteiger partial charge in [0.1, 0.15) is 12.8 Å². The molecule has 1 heterocycles.